The fraction of sp³-hybridized carbons (Fsp3) is 0.643. The van der Waals surface area contributed by atoms with Gasteiger partial charge < -0.3 is 5.32 Å². The molecule has 0 aliphatic carbocycles. The Hall–Kier alpha value is -1.13. The molecular weight excluding hydrogens is 224 g/mol. The summed E-state index contributed by atoms with van der Waals surface area (Å²) in [6.07, 6.45) is 0. The van der Waals surface area contributed by atoms with Crippen LogP contribution < -0.4 is 5.32 Å². The maximum absolute atomic E-state index is 4.58. The topological polar surface area (TPSA) is 31.4 Å². The molecule has 1 fully saturated rings. The van der Waals surface area contributed by atoms with Crippen LogP contribution in [0.25, 0.3) is 0 Å². The van der Waals surface area contributed by atoms with Crippen LogP contribution in [0.5, 0.6) is 0 Å². The molecule has 0 saturated carbocycles. The molecule has 1 aliphatic heterocycles. The first-order valence-corrected chi connectivity index (χ1v) is 6.83. The van der Waals surface area contributed by atoms with Crippen LogP contribution >= 0.6 is 0 Å². The van der Waals surface area contributed by atoms with E-state index in [4.69, 9.17) is 0 Å². The second-order valence-corrected chi connectivity index (χ2v) is 4.98. The first-order valence-electron chi connectivity index (χ1n) is 6.83. The number of aromatic nitrogens is 1. The summed E-state index contributed by atoms with van der Waals surface area (Å²) >= 11 is 0. The van der Waals surface area contributed by atoms with Gasteiger partial charge in [0, 0.05) is 39.3 Å². The highest BCUT2D eigenvalue weighted by atomic mass is 15.3. The van der Waals surface area contributed by atoms with Gasteiger partial charge in [-0.1, -0.05) is 13.0 Å². The summed E-state index contributed by atoms with van der Waals surface area (Å²) < 4.78 is 0. The number of pyridine rings is 1. The molecule has 0 bridgehead atoms. The quantitative estimate of drug-likeness (QED) is 0.878. The Bertz CT molecular complexity index is 380. The van der Waals surface area contributed by atoms with Gasteiger partial charge in [-0.3, -0.25) is 9.80 Å². The van der Waals surface area contributed by atoms with Gasteiger partial charge in [0.25, 0.3) is 0 Å². The SMILES string of the molecule is CCN1CCN(Cc2cccc(NC)n2)CC1C. The predicted octanol–water partition coefficient (Wildman–Crippen LogP) is 1.65. The van der Waals surface area contributed by atoms with E-state index in [2.05, 4.69) is 46.1 Å². The summed E-state index contributed by atoms with van der Waals surface area (Å²) in [5.41, 5.74) is 1.15. The average Bonchev–Trinajstić information content (AvgIpc) is 2.39. The number of anilines is 1. The zero-order chi connectivity index (χ0) is 13.0. The lowest BCUT2D eigenvalue weighted by atomic mass is 10.2. The minimum absolute atomic E-state index is 0.649. The molecule has 0 radical (unpaired) electrons. The van der Waals surface area contributed by atoms with E-state index >= 15 is 0 Å². The normalized spacial score (nSPS) is 22.1. The Morgan fingerprint density at radius 3 is 2.89 bits per heavy atom. The summed E-state index contributed by atoms with van der Waals surface area (Å²) in [4.78, 5) is 9.62. The minimum Gasteiger partial charge on any atom is -0.373 e. The standard InChI is InChI=1S/C14H24N4/c1-4-18-9-8-17(10-12(18)2)11-13-6-5-7-14(15-3)16-13/h5-7,12H,4,8-11H2,1-3H3,(H,15,16). The van der Waals surface area contributed by atoms with Crippen LogP contribution in [0.2, 0.25) is 0 Å². The van der Waals surface area contributed by atoms with E-state index in [1.54, 1.807) is 0 Å². The summed E-state index contributed by atoms with van der Waals surface area (Å²) in [5.74, 6) is 0.952. The first-order chi connectivity index (χ1) is 8.72. The molecule has 4 nitrogen and oxygen atoms in total. The van der Waals surface area contributed by atoms with Gasteiger partial charge in [0.05, 0.1) is 5.69 Å². The van der Waals surface area contributed by atoms with Crippen LogP contribution in [-0.2, 0) is 6.54 Å². The fourth-order valence-electron chi connectivity index (χ4n) is 2.62. The number of likely N-dealkylation sites (N-methyl/N-ethyl adjacent to an activating group) is 1. The Balaban J connectivity index is 1.93. The van der Waals surface area contributed by atoms with E-state index < -0.39 is 0 Å². The molecule has 1 N–H and O–H groups in total. The maximum atomic E-state index is 4.58. The molecule has 0 amide bonds. The summed E-state index contributed by atoms with van der Waals surface area (Å²) in [7, 11) is 1.91. The van der Waals surface area contributed by atoms with Crippen molar-refractivity contribution in [1.29, 1.82) is 0 Å². The highest BCUT2D eigenvalue weighted by Crippen LogP contribution is 2.12. The molecule has 0 aromatic carbocycles. The molecular formula is C14H24N4. The van der Waals surface area contributed by atoms with E-state index in [1.165, 1.54) is 6.54 Å². The van der Waals surface area contributed by atoms with Crippen LogP contribution in [0.3, 0.4) is 0 Å². The Labute approximate surface area is 110 Å². The summed E-state index contributed by atoms with van der Waals surface area (Å²) in [6.45, 7) is 10.1. The predicted molar refractivity (Wildman–Crippen MR) is 75.8 cm³/mol. The van der Waals surface area contributed by atoms with Gasteiger partial charge >= 0.3 is 0 Å². The van der Waals surface area contributed by atoms with Crippen molar-refractivity contribution < 1.29 is 0 Å². The van der Waals surface area contributed by atoms with E-state index in [9.17, 15) is 0 Å². The van der Waals surface area contributed by atoms with Gasteiger partial charge in [0.15, 0.2) is 0 Å². The molecule has 4 heteroatoms. The van der Waals surface area contributed by atoms with E-state index in [-0.39, 0.29) is 0 Å². The molecule has 100 valence electrons. The molecule has 2 heterocycles. The van der Waals surface area contributed by atoms with Gasteiger partial charge in [0.2, 0.25) is 0 Å². The molecule has 1 aliphatic rings. The lowest BCUT2D eigenvalue weighted by Gasteiger charge is -2.39. The second kappa shape index (κ2) is 6.16. The number of hydrogen-bond acceptors (Lipinski definition) is 4. The smallest absolute Gasteiger partial charge is 0.126 e. The largest absolute Gasteiger partial charge is 0.373 e. The van der Waals surface area contributed by atoms with Gasteiger partial charge in [-0.2, -0.15) is 0 Å². The number of rotatable bonds is 4. The fourth-order valence-corrected chi connectivity index (χ4v) is 2.62. The minimum atomic E-state index is 0.649. The van der Waals surface area contributed by atoms with Crippen molar-refractivity contribution in [1.82, 2.24) is 14.8 Å². The van der Waals surface area contributed by atoms with Crippen LogP contribution in [0.15, 0.2) is 18.2 Å². The third-order valence-corrected chi connectivity index (χ3v) is 3.70. The highest BCUT2D eigenvalue weighted by Gasteiger charge is 2.22. The van der Waals surface area contributed by atoms with Gasteiger partial charge in [-0.15, -0.1) is 0 Å². The molecule has 2 rings (SSSR count). The zero-order valence-electron chi connectivity index (χ0n) is 11.7. The number of nitrogens with zero attached hydrogens (tertiary/aromatic N) is 3. The molecule has 0 spiro atoms. The molecule has 1 atom stereocenters. The lowest BCUT2D eigenvalue weighted by Crippen LogP contribution is -2.51. The molecule has 1 saturated heterocycles. The van der Waals surface area contributed by atoms with Crippen molar-refractivity contribution in [3.8, 4) is 0 Å². The summed E-state index contributed by atoms with van der Waals surface area (Å²) in [6, 6.07) is 6.83. The van der Waals surface area contributed by atoms with Crippen LogP contribution in [0.1, 0.15) is 19.5 Å². The number of nitrogens with one attached hydrogen (secondary N) is 1. The van der Waals surface area contributed by atoms with E-state index in [0.29, 0.717) is 6.04 Å². The van der Waals surface area contributed by atoms with Crippen molar-refractivity contribution in [2.75, 3.05) is 38.5 Å². The second-order valence-electron chi connectivity index (χ2n) is 4.98. The Morgan fingerprint density at radius 2 is 2.22 bits per heavy atom. The number of piperazine rings is 1. The van der Waals surface area contributed by atoms with Crippen molar-refractivity contribution in [3.05, 3.63) is 23.9 Å². The Kier molecular flexibility index (Phi) is 4.55. The highest BCUT2D eigenvalue weighted by molar-refractivity contribution is 5.34. The van der Waals surface area contributed by atoms with Crippen molar-refractivity contribution in [2.45, 2.75) is 26.4 Å². The monoisotopic (exact) mass is 248 g/mol. The summed E-state index contributed by atoms with van der Waals surface area (Å²) in [5, 5.41) is 3.09. The van der Waals surface area contributed by atoms with Crippen LogP contribution in [0.4, 0.5) is 5.82 Å². The number of hydrogen-bond donors (Lipinski definition) is 1. The molecule has 1 aromatic rings. The molecule has 18 heavy (non-hydrogen) atoms. The third-order valence-electron chi connectivity index (χ3n) is 3.70. The van der Waals surface area contributed by atoms with Crippen molar-refractivity contribution >= 4 is 5.82 Å². The zero-order valence-corrected chi connectivity index (χ0v) is 11.7. The van der Waals surface area contributed by atoms with Crippen molar-refractivity contribution in [3.63, 3.8) is 0 Å². The van der Waals surface area contributed by atoms with Gasteiger partial charge in [0.1, 0.15) is 5.82 Å². The van der Waals surface area contributed by atoms with Crippen molar-refractivity contribution in [2.24, 2.45) is 0 Å². The average molecular weight is 248 g/mol. The van der Waals surface area contributed by atoms with E-state index in [0.717, 1.165) is 37.7 Å². The maximum Gasteiger partial charge on any atom is 0.126 e. The van der Waals surface area contributed by atoms with Gasteiger partial charge in [-0.25, -0.2) is 4.98 Å². The first kappa shape index (κ1) is 13.3. The Morgan fingerprint density at radius 1 is 1.39 bits per heavy atom. The van der Waals surface area contributed by atoms with Gasteiger partial charge in [-0.05, 0) is 25.6 Å². The van der Waals surface area contributed by atoms with Crippen LogP contribution in [0, 0.1) is 0 Å². The van der Waals surface area contributed by atoms with E-state index in [1.807, 2.05) is 13.1 Å². The third kappa shape index (κ3) is 3.21. The lowest BCUT2D eigenvalue weighted by molar-refractivity contribution is 0.0827. The van der Waals surface area contributed by atoms with Crippen LogP contribution in [-0.4, -0.2) is 54.1 Å². The molecule has 1 aromatic heterocycles. The molecule has 1 unspecified atom stereocenters.